The topological polar surface area (TPSA) is 46.2 Å². The molecule has 3 heteroatoms. The van der Waals surface area contributed by atoms with Crippen molar-refractivity contribution in [2.24, 2.45) is 0 Å². The van der Waals surface area contributed by atoms with E-state index in [4.69, 9.17) is 0 Å². The standard InChI is InChI=1S/C5H5NO2.C2H6.H2/c1-6-3-2-4(7)5(3)8;1-2;/h2,6H,1H3;1-2H3;1H. The van der Waals surface area contributed by atoms with Gasteiger partial charge in [0.2, 0.25) is 10.9 Å². The quantitative estimate of drug-likeness (QED) is 0.585. The highest BCUT2D eigenvalue weighted by Crippen LogP contribution is 1.89. The molecule has 10 heavy (non-hydrogen) atoms. The average Bonchev–Trinajstić information content (AvgIpc) is 2.03. The van der Waals surface area contributed by atoms with Crippen molar-refractivity contribution in [3.63, 3.8) is 0 Å². The predicted octanol–water partition coefficient (Wildman–Crippen LogP) is 0.597. The molecule has 0 spiro atoms. The Hall–Kier alpha value is -1.12. The Kier molecular flexibility index (Phi) is 3.39. The minimum Gasteiger partial charge on any atom is -0.385 e. The van der Waals surface area contributed by atoms with Crippen LogP contribution in [0.4, 0.5) is 5.69 Å². The lowest BCUT2D eigenvalue weighted by Gasteiger charge is -1.95. The normalized spacial score (nSPS) is 8.30. The van der Waals surface area contributed by atoms with Crippen LogP contribution in [-0.2, 0) is 0 Å². The summed E-state index contributed by atoms with van der Waals surface area (Å²) in [4.78, 5) is 20.4. The first-order chi connectivity index (χ1) is 4.75. The molecule has 0 bridgehead atoms. The molecule has 0 atom stereocenters. The molecular weight excluding hydrogens is 130 g/mol. The number of anilines is 1. The van der Waals surface area contributed by atoms with Crippen molar-refractivity contribution in [2.75, 3.05) is 12.4 Å². The third kappa shape index (κ3) is 1.43. The molecule has 58 valence electrons. The van der Waals surface area contributed by atoms with Crippen LogP contribution in [0.3, 0.4) is 0 Å². The van der Waals surface area contributed by atoms with Crippen molar-refractivity contribution < 1.29 is 1.43 Å². The van der Waals surface area contributed by atoms with Gasteiger partial charge >= 0.3 is 0 Å². The molecular formula is C7H13NO2. The highest BCUT2D eigenvalue weighted by molar-refractivity contribution is 5.46. The first kappa shape index (κ1) is 8.88. The number of nitrogens with one attached hydrogen (secondary N) is 1. The summed E-state index contributed by atoms with van der Waals surface area (Å²) in [5.74, 6) is 0. The number of rotatable bonds is 1. The SMILES string of the molecule is CC.CNc1cc(=O)c1=O.[HH]. The minimum absolute atomic E-state index is 0. The van der Waals surface area contributed by atoms with Gasteiger partial charge in [-0.15, -0.1) is 0 Å². The fourth-order valence-corrected chi connectivity index (χ4v) is 0.503. The Bertz CT molecular complexity index is 263. The summed E-state index contributed by atoms with van der Waals surface area (Å²) in [5, 5.41) is 2.57. The summed E-state index contributed by atoms with van der Waals surface area (Å²) in [5.41, 5.74) is -0.406. The lowest BCUT2D eigenvalue weighted by atomic mass is 10.3. The van der Waals surface area contributed by atoms with E-state index in [0.29, 0.717) is 5.69 Å². The van der Waals surface area contributed by atoms with Gasteiger partial charge in [0.25, 0.3) is 0 Å². The van der Waals surface area contributed by atoms with E-state index in [0.717, 1.165) is 0 Å². The Morgan fingerprint density at radius 3 is 2.00 bits per heavy atom. The van der Waals surface area contributed by atoms with Crippen molar-refractivity contribution >= 4 is 5.69 Å². The molecule has 0 radical (unpaired) electrons. The highest BCUT2D eigenvalue weighted by Gasteiger charge is 2.04. The van der Waals surface area contributed by atoms with Gasteiger partial charge in [0.15, 0.2) is 0 Å². The van der Waals surface area contributed by atoms with E-state index in [9.17, 15) is 9.59 Å². The Balaban J connectivity index is 0. The lowest BCUT2D eigenvalue weighted by Crippen LogP contribution is -2.31. The fourth-order valence-electron chi connectivity index (χ4n) is 0.503. The van der Waals surface area contributed by atoms with Crippen LogP contribution in [0, 0.1) is 0 Å². The molecule has 0 saturated heterocycles. The molecule has 0 amide bonds. The summed E-state index contributed by atoms with van der Waals surface area (Å²) >= 11 is 0. The van der Waals surface area contributed by atoms with Crippen molar-refractivity contribution in [2.45, 2.75) is 13.8 Å². The van der Waals surface area contributed by atoms with Gasteiger partial charge in [-0.1, -0.05) is 13.8 Å². The van der Waals surface area contributed by atoms with Gasteiger partial charge in [-0.3, -0.25) is 9.59 Å². The summed E-state index contributed by atoms with van der Waals surface area (Å²) in [6.07, 6.45) is 0. The summed E-state index contributed by atoms with van der Waals surface area (Å²) < 4.78 is 0. The van der Waals surface area contributed by atoms with Gasteiger partial charge in [0, 0.05) is 14.5 Å². The van der Waals surface area contributed by atoms with Crippen LogP contribution in [0.25, 0.3) is 0 Å². The first-order valence-corrected chi connectivity index (χ1v) is 3.24. The summed E-state index contributed by atoms with van der Waals surface area (Å²) in [6.45, 7) is 4.00. The zero-order valence-corrected chi connectivity index (χ0v) is 6.39. The maximum absolute atomic E-state index is 10.3. The molecule has 1 aromatic rings. The molecule has 0 aromatic heterocycles. The summed E-state index contributed by atoms with van der Waals surface area (Å²) in [7, 11) is 1.61. The van der Waals surface area contributed by atoms with Crippen molar-refractivity contribution in [1.29, 1.82) is 0 Å². The molecule has 0 unspecified atom stereocenters. The maximum Gasteiger partial charge on any atom is 0.248 e. The minimum atomic E-state index is -0.410. The number of hydrogen-bond donors (Lipinski definition) is 1. The smallest absolute Gasteiger partial charge is 0.248 e. The van der Waals surface area contributed by atoms with Gasteiger partial charge in [0.1, 0.15) is 0 Å². The average molecular weight is 143 g/mol. The monoisotopic (exact) mass is 143 g/mol. The van der Waals surface area contributed by atoms with E-state index in [2.05, 4.69) is 5.32 Å². The molecule has 1 N–H and O–H groups in total. The maximum atomic E-state index is 10.3. The number of hydrogen-bond acceptors (Lipinski definition) is 3. The fraction of sp³-hybridized carbons (Fsp3) is 0.429. The Morgan fingerprint density at radius 2 is 1.90 bits per heavy atom. The van der Waals surface area contributed by atoms with Crippen LogP contribution in [0.2, 0.25) is 0 Å². The van der Waals surface area contributed by atoms with E-state index >= 15 is 0 Å². The third-order valence-electron chi connectivity index (χ3n) is 1.01. The van der Waals surface area contributed by atoms with Crippen LogP contribution in [0.5, 0.6) is 0 Å². The van der Waals surface area contributed by atoms with Gasteiger partial charge in [-0.2, -0.15) is 0 Å². The Morgan fingerprint density at radius 1 is 1.40 bits per heavy atom. The van der Waals surface area contributed by atoms with E-state index in [1.807, 2.05) is 13.8 Å². The molecule has 3 nitrogen and oxygen atoms in total. The van der Waals surface area contributed by atoms with Crippen molar-refractivity contribution in [3.8, 4) is 0 Å². The molecule has 0 heterocycles. The second kappa shape index (κ2) is 3.82. The third-order valence-corrected chi connectivity index (χ3v) is 1.01. The molecule has 0 fully saturated rings. The van der Waals surface area contributed by atoms with Crippen LogP contribution < -0.4 is 16.2 Å². The second-order valence-electron chi connectivity index (χ2n) is 1.50. The molecule has 1 aromatic carbocycles. The van der Waals surface area contributed by atoms with Crippen LogP contribution in [0.15, 0.2) is 15.7 Å². The molecule has 0 aliphatic carbocycles. The van der Waals surface area contributed by atoms with E-state index in [1.165, 1.54) is 6.07 Å². The van der Waals surface area contributed by atoms with Gasteiger partial charge in [-0.05, 0) is 0 Å². The van der Waals surface area contributed by atoms with Crippen LogP contribution in [0.1, 0.15) is 15.3 Å². The van der Waals surface area contributed by atoms with Crippen LogP contribution in [-0.4, -0.2) is 7.05 Å². The molecule has 0 aliphatic heterocycles. The van der Waals surface area contributed by atoms with Gasteiger partial charge in [0.05, 0.1) is 5.69 Å². The zero-order chi connectivity index (χ0) is 8.15. The zero-order valence-electron chi connectivity index (χ0n) is 6.39. The Labute approximate surface area is 60.9 Å². The first-order valence-electron chi connectivity index (χ1n) is 3.24. The van der Waals surface area contributed by atoms with Crippen molar-refractivity contribution in [1.82, 2.24) is 0 Å². The van der Waals surface area contributed by atoms with E-state index < -0.39 is 10.9 Å². The largest absolute Gasteiger partial charge is 0.385 e. The van der Waals surface area contributed by atoms with Crippen LogP contribution >= 0.6 is 0 Å². The second-order valence-corrected chi connectivity index (χ2v) is 1.50. The lowest BCUT2D eigenvalue weighted by molar-refractivity contribution is 1.36. The highest BCUT2D eigenvalue weighted by atomic mass is 16.2. The van der Waals surface area contributed by atoms with E-state index in [1.54, 1.807) is 7.05 Å². The molecule has 0 saturated carbocycles. The molecule has 1 rings (SSSR count). The van der Waals surface area contributed by atoms with Gasteiger partial charge < -0.3 is 5.32 Å². The predicted molar refractivity (Wildman–Crippen MR) is 44.4 cm³/mol. The summed E-state index contributed by atoms with van der Waals surface area (Å²) in [6, 6.07) is 1.28. The van der Waals surface area contributed by atoms with E-state index in [-0.39, 0.29) is 1.43 Å². The van der Waals surface area contributed by atoms with Crippen molar-refractivity contribution in [3.05, 3.63) is 26.5 Å². The van der Waals surface area contributed by atoms with Gasteiger partial charge in [-0.25, -0.2) is 0 Å². The molecule has 0 aliphatic rings.